The second-order valence-corrected chi connectivity index (χ2v) is 6.18. The number of nitrogens with zero attached hydrogens (tertiary/aromatic N) is 2. The number of benzene rings is 1. The summed E-state index contributed by atoms with van der Waals surface area (Å²) in [6, 6.07) is 6.16. The molecule has 0 aliphatic carbocycles. The van der Waals surface area contributed by atoms with Crippen LogP contribution in [0.4, 0.5) is 0 Å². The quantitative estimate of drug-likeness (QED) is 0.849. The minimum Gasteiger partial charge on any atom is -0.312 e. The Morgan fingerprint density at radius 1 is 1.21 bits per heavy atom. The minimum absolute atomic E-state index is 0.183. The van der Waals surface area contributed by atoms with Gasteiger partial charge in [0, 0.05) is 30.8 Å². The van der Waals surface area contributed by atoms with E-state index < -0.39 is 9.84 Å². The first-order chi connectivity index (χ1) is 8.93. The van der Waals surface area contributed by atoms with Crippen LogP contribution in [0.15, 0.2) is 46.3 Å². The average Bonchev–Trinajstić information content (AvgIpc) is 2.38. The molecule has 2 rings (SSSR count). The van der Waals surface area contributed by atoms with E-state index in [-0.39, 0.29) is 10.5 Å². The Kier molecular flexibility index (Phi) is 3.53. The molecule has 0 saturated carbocycles. The summed E-state index contributed by atoms with van der Waals surface area (Å²) in [6.07, 6.45) is 4.33. The van der Waals surface area contributed by atoms with E-state index in [0.717, 1.165) is 6.26 Å². The van der Waals surface area contributed by atoms with Crippen molar-refractivity contribution in [2.45, 2.75) is 18.4 Å². The second kappa shape index (κ2) is 4.97. The Morgan fingerprint density at radius 3 is 2.37 bits per heavy atom. The molecular weight excluding hydrogens is 264 g/mol. The van der Waals surface area contributed by atoms with Crippen LogP contribution in [-0.4, -0.2) is 24.2 Å². The van der Waals surface area contributed by atoms with E-state index in [1.165, 1.54) is 12.1 Å². The highest BCUT2D eigenvalue weighted by Crippen LogP contribution is 2.16. The molecule has 0 atom stereocenters. The van der Waals surface area contributed by atoms with Gasteiger partial charge in [0.05, 0.1) is 4.90 Å². The van der Waals surface area contributed by atoms with Crippen LogP contribution < -0.4 is 5.56 Å². The number of aryl methyl sites for hydroxylation is 1. The number of aromatic nitrogens is 2. The lowest BCUT2D eigenvalue weighted by Gasteiger charge is -2.05. The summed E-state index contributed by atoms with van der Waals surface area (Å²) in [4.78, 5) is 16.4. The lowest BCUT2D eigenvalue weighted by atomic mass is 10.1. The monoisotopic (exact) mass is 278 g/mol. The van der Waals surface area contributed by atoms with Crippen molar-refractivity contribution < 1.29 is 8.42 Å². The van der Waals surface area contributed by atoms with E-state index in [2.05, 4.69) is 4.98 Å². The third-order valence-corrected chi connectivity index (χ3v) is 3.94. The van der Waals surface area contributed by atoms with Crippen molar-refractivity contribution in [3.05, 3.63) is 47.0 Å². The lowest BCUT2D eigenvalue weighted by Crippen LogP contribution is -2.21. The van der Waals surface area contributed by atoms with Crippen molar-refractivity contribution in [3.8, 4) is 11.3 Å². The number of hydrogen-bond donors (Lipinski definition) is 0. The maximum absolute atomic E-state index is 12.1. The van der Waals surface area contributed by atoms with Crippen molar-refractivity contribution in [1.29, 1.82) is 0 Å². The van der Waals surface area contributed by atoms with Crippen LogP contribution in [-0.2, 0) is 16.4 Å². The largest absolute Gasteiger partial charge is 0.312 e. The number of sulfone groups is 1. The Bertz CT molecular complexity index is 746. The molecule has 0 bridgehead atoms. The standard InChI is InChI=1S/C13H14N2O3S/c1-3-15-9-8-14-12(13(15)16)10-4-6-11(7-5-10)19(2,17)18/h4-9H,3H2,1-2H3. The number of rotatable bonds is 3. The van der Waals surface area contributed by atoms with Gasteiger partial charge in [0.1, 0.15) is 5.69 Å². The van der Waals surface area contributed by atoms with E-state index >= 15 is 0 Å². The van der Waals surface area contributed by atoms with E-state index in [1.807, 2.05) is 6.92 Å². The normalized spacial score (nSPS) is 11.5. The molecule has 0 fully saturated rings. The van der Waals surface area contributed by atoms with Gasteiger partial charge in [-0.1, -0.05) is 12.1 Å². The Hall–Kier alpha value is -1.95. The molecule has 100 valence electrons. The fraction of sp³-hybridized carbons (Fsp3) is 0.231. The second-order valence-electron chi connectivity index (χ2n) is 4.16. The molecule has 0 amide bonds. The zero-order chi connectivity index (χ0) is 14.0. The zero-order valence-electron chi connectivity index (χ0n) is 10.7. The molecule has 5 nitrogen and oxygen atoms in total. The summed E-state index contributed by atoms with van der Waals surface area (Å²) in [5.41, 5.74) is 0.752. The van der Waals surface area contributed by atoms with Crippen LogP contribution in [0, 0.1) is 0 Å². The van der Waals surface area contributed by atoms with Crippen LogP contribution >= 0.6 is 0 Å². The van der Waals surface area contributed by atoms with E-state index in [1.54, 1.807) is 29.1 Å². The summed E-state index contributed by atoms with van der Waals surface area (Å²) in [7, 11) is -3.23. The lowest BCUT2D eigenvalue weighted by molar-refractivity contribution is 0.602. The van der Waals surface area contributed by atoms with Gasteiger partial charge >= 0.3 is 0 Å². The fourth-order valence-corrected chi connectivity index (χ4v) is 2.38. The van der Waals surface area contributed by atoms with Gasteiger partial charge in [-0.25, -0.2) is 13.4 Å². The molecule has 1 heterocycles. The predicted octanol–water partition coefficient (Wildman–Crippen LogP) is 1.33. The smallest absolute Gasteiger partial charge is 0.277 e. The molecular formula is C13H14N2O3S. The van der Waals surface area contributed by atoms with Crippen molar-refractivity contribution >= 4 is 9.84 Å². The molecule has 0 radical (unpaired) electrons. The maximum Gasteiger partial charge on any atom is 0.277 e. The van der Waals surface area contributed by atoms with Crippen LogP contribution in [0.2, 0.25) is 0 Å². The SMILES string of the molecule is CCn1ccnc(-c2ccc(S(C)(=O)=O)cc2)c1=O. The van der Waals surface area contributed by atoms with Gasteiger partial charge in [-0.3, -0.25) is 4.79 Å². The maximum atomic E-state index is 12.1. The van der Waals surface area contributed by atoms with Crippen LogP contribution in [0.25, 0.3) is 11.3 Å². The van der Waals surface area contributed by atoms with Gasteiger partial charge in [-0.05, 0) is 19.1 Å². The Balaban J connectivity index is 2.52. The van der Waals surface area contributed by atoms with Crippen LogP contribution in [0.5, 0.6) is 0 Å². The van der Waals surface area contributed by atoms with E-state index in [0.29, 0.717) is 17.8 Å². The van der Waals surface area contributed by atoms with E-state index in [9.17, 15) is 13.2 Å². The van der Waals surface area contributed by atoms with E-state index in [4.69, 9.17) is 0 Å². The van der Waals surface area contributed by atoms with Crippen molar-refractivity contribution in [2.24, 2.45) is 0 Å². The highest BCUT2D eigenvalue weighted by molar-refractivity contribution is 7.90. The molecule has 0 aliphatic heterocycles. The summed E-state index contributed by atoms with van der Waals surface area (Å²) < 4.78 is 24.3. The van der Waals surface area contributed by atoms with Crippen LogP contribution in [0.1, 0.15) is 6.92 Å². The molecule has 6 heteroatoms. The van der Waals surface area contributed by atoms with Gasteiger partial charge in [-0.2, -0.15) is 0 Å². The van der Waals surface area contributed by atoms with Crippen molar-refractivity contribution in [3.63, 3.8) is 0 Å². The fourth-order valence-electron chi connectivity index (χ4n) is 1.75. The minimum atomic E-state index is -3.23. The van der Waals surface area contributed by atoms with Gasteiger partial charge < -0.3 is 4.57 Å². The molecule has 0 spiro atoms. The van der Waals surface area contributed by atoms with Crippen molar-refractivity contribution in [1.82, 2.24) is 9.55 Å². The molecule has 0 aliphatic rings. The predicted molar refractivity (Wildman–Crippen MR) is 72.7 cm³/mol. The summed E-state index contributed by atoms with van der Waals surface area (Å²) in [5, 5.41) is 0. The first-order valence-electron chi connectivity index (χ1n) is 5.79. The Morgan fingerprint density at radius 2 is 1.84 bits per heavy atom. The third kappa shape index (κ3) is 2.73. The highest BCUT2D eigenvalue weighted by atomic mass is 32.2. The summed E-state index contributed by atoms with van der Waals surface area (Å²) in [6.45, 7) is 2.44. The van der Waals surface area contributed by atoms with Gasteiger partial charge in [0.25, 0.3) is 5.56 Å². The first-order valence-corrected chi connectivity index (χ1v) is 7.68. The van der Waals surface area contributed by atoms with Gasteiger partial charge in [0.15, 0.2) is 9.84 Å². The van der Waals surface area contributed by atoms with Gasteiger partial charge in [0.2, 0.25) is 0 Å². The Labute approximate surface area is 111 Å². The zero-order valence-corrected chi connectivity index (χ0v) is 11.5. The number of hydrogen-bond acceptors (Lipinski definition) is 4. The summed E-state index contributed by atoms with van der Waals surface area (Å²) in [5.74, 6) is 0. The molecule has 0 saturated heterocycles. The van der Waals surface area contributed by atoms with Crippen LogP contribution in [0.3, 0.4) is 0 Å². The molecule has 19 heavy (non-hydrogen) atoms. The van der Waals surface area contributed by atoms with Gasteiger partial charge in [-0.15, -0.1) is 0 Å². The molecule has 0 N–H and O–H groups in total. The average molecular weight is 278 g/mol. The van der Waals surface area contributed by atoms with Crippen molar-refractivity contribution in [2.75, 3.05) is 6.26 Å². The third-order valence-electron chi connectivity index (χ3n) is 2.81. The molecule has 0 unspecified atom stereocenters. The molecule has 1 aromatic heterocycles. The first kappa shape index (κ1) is 13.5. The topological polar surface area (TPSA) is 69.0 Å². The molecule has 1 aromatic carbocycles. The highest BCUT2D eigenvalue weighted by Gasteiger charge is 2.10. The summed E-state index contributed by atoms with van der Waals surface area (Å²) >= 11 is 0. The molecule has 2 aromatic rings.